The first-order valence-corrected chi connectivity index (χ1v) is 7.07. The summed E-state index contributed by atoms with van der Waals surface area (Å²) < 4.78 is 26.4. The molecule has 1 N–H and O–H groups in total. The van der Waals surface area contributed by atoms with Crippen molar-refractivity contribution >= 4 is 11.7 Å². The van der Waals surface area contributed by atoms with E-state index in [0.717, 1.165) is 23.6 Å². The van der Waals surface area contributed by atoms with Crippen LogP contribution < -0.4 is 10.2 Å². The first kappa shape index (κ1) is 16.8. The van der Waals surface area contributed by atoms with E-state index in [1.165, 1.54) is 6.07 Å². The van der Waals surface area contributed by atoms with Crippen LogP contribution in [0.2, 0.25) is 0 Å². The Morgan fingerprint density at radius 3 is 2.61 bits per heavy atom. The zero-order valence-electron chi connectivity index (χ0n) is 13.2. The van der Waals surface area contributed by atoms with Gasteiger partial charge in [0.05, 0.1) is 13.0 Å². The van der Waals surface area contributed by atoms with Crippen LogP contribution in [0, 0.1) is 18.6 Å². The topological polar surface area (TPSA) is 58.1 Å². The lowest BCUT2D eigenvalue weighted by Crippen LogP contribution is -2.26. The number of halogens is 2. The summed E-state index contributed by atoms with van der Waals surface area (Å²) in [6.07, 6.45) is -0.168. The van der Waals surface area contributed by atoms with Gasteiger partial charge < -0.3 is 10.2 Å². The van der Waals surface area contributed by atoms with E-state index in [2.05, 4.69) is 15.3 Å². The molecule has 23 heavy (non-hydrogen) atoms. The van der Waals surface area contributed by atoms with Crippen LogP contribution in [0.15, 0.2) is 24.3 Å². The van der Waals surface area contributed by atoms with Crippen molar-refractivity contribution in [3.63, 3.8) is 0 Å². The standard InChI is InChI=1S/C16H18F2N4O/c1-10-6-15(22(2)3)21-14(20-10)9-19-16(23)7-11-4-5-12(17)8-13(11)18/h4-6,8H,7,9H2,1-3H3,(H,19,23). The quantitative estimate of drug-likeness (QED) is 0.915. The Balaban J connectivity index is 1.99. The normalized spacial score (nSPS) is 10.5. The highest BCUT2D eigenvalue weighted by atomic mass is 19.1. The number of amides is 1. The Kier molecular flexibility index (Phi) is 5.20. The molecule has 0 atom stereocenters. The van der Waals surface area contributed by atoms with Crippen molar-refractivity contribution in [2.45, 2.75) is 19.9 Å². The molecule has 0 fully saturated rings. The number of carbonyl (C=O) groups is 1. The van der Waals surface area contributed by atoms with Crippen molar-refractivity contribution in [2.75, 3.05) is 19.0 Å². The molecular weight excluding hydrogens is 302 g/mol. The minimum atomic E-state index is -0.734. The van der Waals surface area contributed by atoms with Crippen molar-refractivity contribution in [3.8, 4) is 0 Å². The first-order valence-electron chi connectivity index (χ1n) is 7.07. The summed E-state index contributed by atoms with van der Waals surface area (Å²) in [5.41, 5.74) is 0.931. The number of aryl methyl sites for hydroxylation is 1. The number of hydrogen-bond acceptors (Lipinski definition) is 4. The number of aromatic nitrogens is 2. The molecule has 5 nitrogen and oxygen atoms in total. The van der Waals surface area contributed by atoms with Crippen LogP contribution in [0.3, 0.4) is 0 Å². The van der Waals surface area contributed by atoms with E-state index in [1.54, 1.807) is 0 Å². The maximum atomic E-state index is 13.5. The molecule has 2 rings (SSSR count). The van der Waals surface area contributed by atoms with Gasteiger partial charge in [-0.3, -0.25) is 4.79 Å². The molecule has 0 radical (unpaired) electrons. The number of anilines is 1. The third-order valence-electron chi connectivity index (χ3n) is 3.15. The van der Waals surface area contributed by atoms with Gasteiger partial charge in [0.2, 0.25) is 5.91 Å². The molecule has 1 aromatic carbocycles. The summed E-state index contributed by atoms with van der Waals surface area (Å²) in [7, 11) is 3.73. The zero-order chi connectivity index (χ0) is 17.0. The van der Waals surface area contributed by atoms with Crippen molar-refractivity contribution in [1.82, 2.24) is 15.3 Å². The molecule has 0 saturated heterocycles. The summed E-state index contributed by atoms with van der Waals surface area (Å²) >= 11 is 0. The van der Waals surface area contributed by atoms with Gasteiger partial charge in [0.15, 0.2) is 0 Å². The van der Waals surface area contributed by atoms with E-state index in [4.69, 9.17) is 0 Å². The smallest absolute Gasteiger partial charge is 0.224 e. The number of hydrogen-bond donors (Lipinski definition) is 1. The summed E-state index contributed by atoms with van der Waals surface area (Å²) in [5.74, 6) is -0.571. The molecule has 1 amide bonds. The third-order valence-corrected chi connectivity index (χ3v) is 3.15. The summed E-state index contributed by atoms with van der Waals surface area (Å²) in [5, 5.41) is 2.64. The Morgan fingerprint density at radius 2 is 1.96 bits per heavy atom. The number of nitrogens with one attached hydrogen (secondary N) is 1. The van der Waals surface area contributed by atoms with Gasteiger partial charge in [0, 0.05) is 31.9 Å². The monoisotopic (exact) mass is 320 g/mol. The van der Waals surface area contributed by atoms with Crippen LogP contribution in [0.1, 0.15) is 17.1 Å². The van der Waals surface area contributed by atoms with Crippen molar-refractivity contribution < 1.29 is 13.6 Å². The third kappa shape index (κ3) is 4.70. The Morgan fingerprint density at radius 1 is 1.22 bits per heavy atom. The largest absolute Gasteiger partial charge is 0.363 e. The molecule has 0 saturated carbocycles. The van der Waals surface area contributed by atoms with Crippen LogP contribution in [-0.2, 0) is 17.8 Å². The SMILES string of the molecule is Cc1cc(N(C)C)nc(CNC(=O)Cc2ccc(F)cc2F)n1. The molecule has 0 spiro atoms. The lowest BCUT2D eigenvalue weighted by molar-refractivity contribution is -0.120. The average Bonchev–Trinajstić information content (AvgIpc) is 2.47. The lowest BCUT2D eigenvalue weighted by atomic mass is 10.1. The highest BCUT2D eigenvalue weighted by molar-refractivity contribution is 5.78. The average molecular weight is 320 g/mol. The first-order chi connectivity index (χ1) is 10.8. The zero-order valence-corrected chi connectivity index (χ0v) is 13.2. The number of rotatable bonds is 5. The van der Waals surface area contributed by atoms with Crippen molar-refractivity contribution in [1.29, 1.82) is 0 Å². The maximum Gasteiger partial charge on any atom is 0.224 e. The van der Waals surface area contributed by atoms with E-state index in [1.807, 2.05) is 32.0 Å². The second kappa shape index (κ2) is 7.13. The fourth-order valence-corrected chi connectivity index (χ4v) is 2.00. The molecule has 1 aromatic heterocycles. The Bertz CT molecular complexity index is 719. The predicted octanol–water partition coefficient (Wildman–Crippen LogP) is 1.99. The van der Waals surface area contributed by atoms with Crippen LogP contribution in [0.5, 0.6) is 0 Å². The molecule has 2 aromatic rings. The maximum absolute atomic E-state index is 13.5. The van der Waals surface area contributed by atoms with Crippen molar-refractivity contribution in [2.24, 2.45) is 0 Å². The summed E-state index contributed by atoms with van der Waals surface area (Å²) in [4.78, 5) is 22.3. The second-order valence-corrected chi connectivity index (χ2v) is 5.37. The Hall–Kier alpha value is -2.57. The molecule has 0 aliphatic carbocycles. The van der Waals surface area contributed by atoms with Gasteiger partial charge in [0.1, 0.15) is 23.3 Å². The second-order valence-electron chi connectivity index (χ2n) is 5.37. The molecule has 1 heterocycles. The van der Waals surface area contributed by atoms with Crippen LogP contribution in [0.25, 0.3) is 0 Å². The van der Waals surface area contributed by atoms with Crippen molar-refractivity contribution in [3.05, 3.63) is 53.0 Å². The molecule has 0 unspecified atom stereocenters. The van der Waals surface area contributed by atoms with E-state index in [9.17, 15) is 13.6 Å². The molecule has 122 valence electrons. The van der Waals surface area contributed by atoms with Gasteiger partial charge in [-0.1, -0.05) is 6.07 Å². The summed E-state index contributed by atoms with van der Waals surface area (Å²) in [6.45, 7) is 1.98. The van der Waals surface area contributed by atoms with Gasteiger partial charge in [0.25, 0.3) is 0 Å². The van der Waals surface area contributed by atoms with E-state index in [0.29, 0.717) is 5.82 Å². The van der Waals surface area contributed by atoms with Gasteiger partial charge in [-0.2, -0.15) is 0 Å². The fraction of sp³-hybridized carbons (Fsp3) is 0.312. The van der Waals surface area contributed by atoms with Crippen LogP contribution in [-0.4, -0.2) is 30.0 Å². The van der Waals surface area contributed by atoms with Gasteiger partial charge in [-0.15, -0.1) is 0 Å². The van der Waals surface area contributed by atoms with Crippen LogP contribution >= 0.6 is 0 Å². The number of nitrogens with zero attached hydrogens (tertiary/aromatic N) is 3. The van der Waals surface area contributed by atoms with Crippen LogP contribution in [0.4, 0.5) is 14.6 Å². The predicted molar refractivity (Wildman–Crippen MR) is 83.0 cm³/mol. The molecule has 0 aliphatic heterocycles. The molecule has 0 bridgehead atoms. The van der Waals surface area contributed by atoms with Gasteiger partial charge in [-0.05, 0) is 18.6 Å². The van der Waals surface area contributed by atoms with E-state index in [-0.39, 0.29) is 24.4 Å². The highest BCUT2D eigenvalue weighted by Crippen LogP contribution is 2.11. The molecule has 0 aliphatic rings. The Labute approximate surface area is 133 Å². The minimum Gasteiger partial charge on any atom is -0.363 e. The van der Waals surface area contributed by atoms with Gasteiger partial charge in [-0.25, -0.2) is 18.7 Å². The highest BCUT2D eigenvalue weighted by Gasteiger charge is 2.10. The minimum absolute atomic E-state index is 0.142. The van der Waals surface area contributed by atoms with Gasteiger partial charge >= 0.3 is 0 Å². The molecular formula is C16H18F2N4O. The molecule has 7 heteroatoms. The lowest BCUT2D eigenvalue weighted by Gasteiger charge is -2.13. The number of carbonyl (C=O) groups excluding carboxylic acids is 1. The van der Waals surface area contributed by atoms with E-state index >= 15 is 0 Å². The number of benzene rings is 1. The van der Waals surface area contributed by atoms with E-state index < -0.39 is 11.6 Å². The fourth-order valence-electron chi connectivity index (χ4n) is 2.00. The summed E-state index contributed by atoms with van der Waals surface area (Å²) in [6, 6.07) is 4.98.